The lowest BCUT2D eigenvalue weighted by Gasteiger charge is -2.62. The average Bonchev–Trinajstić information content (AvgIpc) is 3.29. The van der Waals surface area contributed by atoms with Gasteiger partial charge in [-0.15, -0.1) is 10.1 Å². The first-order chi connectivity index (χ1) is 19.1. The van der Waals surface area contributed by atoms with Gasteiger partial charge in [-0.05, 0) is 64.5 Å². The monoisotopic (exact) mass is 581 g/mol. The van der Waals surface area contributed by atoms with Crippen LogP contribution >= 0.6 is 0 Å². The summed E-state index contributed by atoms with van der Waals surface area (Å²) < 4.78 is 40.2. The second-order valence-corrected chi connectivity index (χ2v) is 12.5. The van der Waals surface area contributed by atoms with Crippen molar-refractivity contribution in [2.24, 2.45) is 22.7 Å². The SMILES string of the molecule is CC1(C)O[C@@H]2CC3C4CCC5=CC(=O)C=C[C@]5(C)[C@@]4(F)[C@@H](O)C[C@]3(C)[C@]2(C(=O)COC(=O)COCCO[N+](=O)[O-])O1. The Morgan fingerprint density at radius 1 is 1.20 bits per heavy atom. The summed E-state index contributed by atoms with van der Waals surface area (Å²) in [5.41, 5.74) is -5.28. The van der Waals surface area contributed by atoms with Gasteiger partial charge in [-0.1, -0.05) is 18.6 Å². The van der Waals surface area contributed by atoms with E-state index in [9.17, 15) is 29.6 Å². The van der Waals surface area contributed by atoms with Gasteiger partial charge in [0.25, 0.3) is 5.09 Å². The van der Waals surface area contributed by atoms with E-state index in [-0.39, 0.29) is 25.4 Å². The molecule has 1 aliphatic heterocycles. The fourth-order valence-electron chi connectivity index (χ4n) is 8.43. The molecule has 0 bridgehead atoms. The van der Waals surface area contributed by atoms with Crippen molar-refractivity contribution < 1.29 is 52.8 Å². The summed E-state index contributed by atoms with van der Waals surface area (Å²) in [4.78, 5) is 52.6. The zero-order chi connectivity index (χ0) is 30.0. The maximum atomic E-state index is 17.4. The van der Waals surface area contributed by atoms with E-state index in [0.717, 1.165) is 0 Å². The third-order valence-electron chi connectivity index (χ3n) is 10.1. The van der Waals surface area contributed by atoms with E-state index in [0.29, 0.717) is 24.8 Å². The van der Waals surface area contributed by atoms with Crippen LogP contribution in [0.15, 0.2) is 23.8 Å². The molecule has 0 spiro atoms. The minimum Gasteiger partial charge on any atom is -0.456 e. The van der Waals surface area contributed by atoms with E-state index < -0.39 is 82.0 Å². The molecule has 41 heavy (non-hydrogen) atoms. The predicted molar refractivity (Wildman–Crippen MR) is 136 cm³/mol. The number of aliphatic hydroxyl groups is 1. The van der Waals surface area contributed by atoms with Gasteiger partial charge in [0.1, 0.15) is 13.2 Å². The Kier molecular flexibility index (Phi) is 7.20. The Bertz CT molecular complexity index is 1220. The second-order valence-electron chi connectivity index (χ2n) is 12.5. The van der Waals surface area contributed by atoms with E-state index in [1.54, 1.807) is 26.8 Å². The number of fused-ring (bicyclic) bond motifs is 7. The maximum Gasteiger partial charge on any atom is 0.332 e. The second kappa shape index (κ2) is 9.92. The molecular formula is C28H36FNO11. The number of hydrogen-bond donors (Lipinski definition) is 1. The summed E-state index contributed by atoms with van der Waals surface area (Å²) in [6.45, 7) is 5.07. The number of hydrogen-bond acceptors (Lipinski definition) is 11. The Morgan fingerprint density at radius 2 is 1.93 bits per heavy atom. The number of carbonyl (C=O) groups excluding carboxylic acids is 3. The number of ether oxygens (including phenoxy) is 4. The smallest absolute Gasteiger partial charge is 0.332 e. The predicted octanol–water partition coefficient (Wildman–Crippen LogP) is 2.19. The molecule has 5 aliphatic rings. The third kappa shape index (κ3) is 4.34. The molecule has 4 fully saturated rings. The highest BCUT2D eigenvalue weighted by molar-refractivity contribution is 6.01. The number of alkyl halides is 1. The van der Waals surface area contributed by atoms with Crippen LogP contribution in [0.4, 0.5) is 4.39 Å². The number of nitrogens with zero attached hydrogens (tertiary/aromatic N) is 1. The standard InChI is InChI=1S/C28H36FNO11/c1-24(2)40-22-12-19-18-6-5-16-11-17(31)7-8-25(16,3)27(18,29)20(32)13-26(19,4)28(22,41-24)21(33)14-38-23(34)15-37-9-10-39-30(35)36/h7-8,11,18-20,22,32H,5-6,9-10,12-15H2,1-4H3/t18?,19?,20-,22+,25-,26-,27-,28+/m0/s1. The molecule has 4 aliphatic carbocycles. The van der Waals surface area contributed by atoms with Crippen LogP contribution in [0.3, 0.4) is 0 Å². The molecule has 0 radical (unpaired) electrons. The molecule has 0 aromatic heterocycles. The van der Waals surface area contributed by atoms with E-state index >= 15 is 4.39 Å². The molecule has 5 rings (SSSR count). The van der Waals surface area contributed by atoms with Gasteiger partial charge in [0.05, 0.1) is 18.8 Å². The van der Waals surface area contributed by atoms with E-state index in [1.165, 1.54) is 12.2 Å². The van der Waals surface area contributed by atoms with E-state index in [1.807, 2.05) is 6.92 Å². The lowest BCUT2D eigenvalue weighted by atomic mass is 9.44. The van der Waals surface area contributed by atoms with Crippen LogP contribution in [-0.2, 0) is 38.2 Å². The van der Waals surface area contributed by atoms with Gasteiger partial charge < -0.3 is 28.9 Å². The minimum absolute atomic E-state index is 0.107. The van der Waals surface area contributed by atoms with Crippen LogP contribution in [0.1, 0.15) is 53.4 Å². The first-order valence-corrected chi connectivity index (χ1v) is 13.8. The third-order valence-corrected chi connectivity index (χ3v) is 10.1. The molecule has 0 aromatic carbocycles. The van der Waals surface area contributed by atoms with Gasteiger partial charge in [-0.25, -0.2) is 9.18 Å². The lowest BCUT2D eigenvalue weighted by molar-refractivity contribution is -0.758. The van der Waals surface area contributed by atoms with Crippen molar-refractivity contribution in [3.63, 3.8) is 0 Å². The summed E-state index contributed by atoms with van der Waals surface area (Å²) in [5, 5.41) is 20.8. The minimum atomic E-state index is -2.08. The molecule has 1 heterocycles. The molecule has 13 heteroatoms. The Balaban J connectivity index is 1.38. The van der Waals surface area contributed by atoms with Gasteiger partial charge >= 0.3 is 5.97 Å². The topological polar surface area (TPSA) is 161 Å². The number of ketones is 2. The summed E-state index contributed by atoms with van der Waals surface area (Å²) >= 11 is 0. The first-order valence-electron chi connectivity index (χ1n) is 13.8. The average molecular weight is 582 g/mol. The van der Waals surface area contributed by atoms with Crippen molar-refractivity contribution >= 4 is 17.5 Å². The molecule has 1 saturated heterocycles. The van der Waals surface area contributed by atoms with Crippen LogP contribution in [0.5, 0.6) is 0 Å². The number of rotatable bonds is 9. The van der Waals surface area contributed by atoms with Crippen molar-refractivity contribution in [1.82, 2.24) is 0 Å². The van der Waals surface area contributed by atoms with Gasteiger partial charge in [0, 0.05) is 16.7 Å². The van der Waals surface area contributed by atoms with Crippen LogP contribution < -0.4 is 0 Å². The van der Waals surface area contributed by atoms with Gasteiger partial charge in [0.15, 0.2) is 29.4 Å². The van der Waals surface area contributed by atoms with Crippen LogP contribution in [0, 0.1) is 32.8 Å². The maximum absolute atomic E-state index is 17.4. The number of allylic oxidation sites excluding steroid dienone is 4. The molecule has 8 atom stereocenters. The van der Waals surface area contributed by atoms with Crippen LogP contribution in [0.2, 0.25) is 0 Å². The van der Waals surface area contributed by atoms with Crippen molar-refractivity contribution in [3.05, 3.63) is 33.9 Å². The van der Waals surface area contributed by atoms with Crippen LogP contribution in [0.25, 0.3) is 0 Å². The molecule has 0 amide bonds. The normalized spacial score (nSPS) is 41.9. The molecule has 12 nitrogen and oxygen atoms in total. The Labute approximate surface area is 236 Å². The Hall–Kier alpha value is -2.74. The quantitative estimate of drug-likeness (QED) is 0.184. The number of aliphatic hydroxyl groups excluding tert-OH is 1. The summed E-state index contributed by atoms with van der Waals surface area (Å²) in [5.74, 6) is -3.86. The fraction of sp³-hybridized carbons (Fsp3) is 0.750. The van der Waals surface area contributed by atoms with Crippen molar-refractivity contribution in [2.75, 3.05) is 26.4 Å². The number of carbonyl (C=O) groups is 3. The van der Waals surface area contributed by atoms with E-state index in [4.69, 9.17) is 18.9 Å². The highest BCUT2D eigenvalue weighted by Crippen LogP contribution is 2.72. The number of halogens is 1. The lowest BCUT2D eigenvalue weighted by Crippen LogP contribution is -2.70. The molecule has 226 valence electrons. The summed E-state index contributed by atoms with van der Waals surface area (Å²) in [7, 11) is 0. The zero-order valence-corrected chi connectivity index (χ0v) is 23.6. The van der Waals surface area contributed by atoms with Gasteiger partial charge in [-0.2, -0.15) is 0 Å². The molecule has 3 saturated carbocycles. The number of esters is 1. The summed E-state index contributed by atoms with van der Waals surface area (Å²) in [6.07, 6.45) is 3.20. The highest BCUT2D eigenvalue weighted by atomic mass is 19.1. The van der Waals surface area contributed by atoms with Crippen molar-refractivity contribution in [2.45, 2.75) is 82.6 Å². The largest absolute Gasteiger partial charge is 0.456 e. The molecule has 1 N–H and O–H groups in total. The highest BCUT2D eigenvalue weighted by Gasteiger charge is 2.80. The van der Waals surface area contributed by atoms with E-state index in [2.05, 4.69) is 4.84 Å². The summed E-state index contributed by atoms with van der Waals surface area (Å²) in [6, 6.07) is 0. The van der Waals surface area contributed by atoms with Crippen molar-refractivity contribution in [3.8, 4) is 0 Å². The zero-order valence-electron chi connectivity index (χ0n) is 23.6. The van der Waals surface area contributed by atoms with Gasteiger partial charge in [-0.3, -0.25) is 9.59 Å². The van der Waals surface area contributed by atoms with Crippen LogP contribution in [-0.4, -0.2) is 83.4 Å². The number of Topliss-reactive ketones (excluding diaryl/α,β-unsaturated/α-hetero) is 1. The Morgan fingerprint density at radius 3 is 2.63 bits per heavy atom. The first kappa shape index (κ1) is 29.7. The molecule has 0 aromatic rings. The molecule has 2 unspecified atom stereocenters. The fourth-order valence-corrected chi connectivity index (χ4v) is 8.43. The molecular weight excluding hydrogens is 545 g/mol. The van der Waals surface area contributed by atoms with Gasteiger partial charge in [0.2, 0.25) is 5.78 Å². The van der Waals surface area contributed by atoms with Crippen molar-refractivity contribution in [1.29, 1.82) is 0 Å².